The number of carbonyl (C=O) groups is 1. The zero-order chi connectivity index (χ0) is 20.8. The third-order valence-corrected chi connectivity index (χ3v) is 5.16. The van der Waals surface area contributed by atoms with Crippen molar-refractivity contribution < 1.29 is 4.79 Å². The molecule has 0 aliphatic rings. The van der Waals surface area contributed by atoms with Gasteiger partial charge in [0.1, 0.15) is 22.6 Å². The summed E-state index contributed by atoms with van der Waals surface area (Å²) in [5, 5.41) is 12.8. The molecule has 0 saturated heterocycles. The molecule has 0 aliphatic heterocycles. The molecule has 0 unspecified atom stereocenters. The molecule has 3 N–H and O–H groups in total. The third kappa shape index (κ3) is 4.18. The maximum absolute atomic E-state index is 11.8. The van der Waals surface area contributed by atoms with Crippen LogP contribution >= 0.6 is 11.8 Å². The highest BCUT2D eigenvalue weighted by atomic mass is 32.2. The maximum atomic E-state index is 11.8. The fourth-order valence-electron chi connectivity index (χ4n) is 2.75. The number of benzene rings is 1. The minimum absolute atomic E-state index is 0.0844. The highest BCUT2D eigenvalue weighted by Gasteiger charge is 2.20. The highest BCUT2D eigenvalue weighted by Crippen LogP contribution is 2.41. The van der Waals surface area contributed by atoms with Gasteiger partial charge in [-0.1, -0.05) is 30.3 Å². The number of hydrogen-bond acceptors (Lipinski definition) is 6. The fourth-order valence-corrected chi connectivity index (χ4v) is 3.68. The molecule has 0 radical (unpaired) electrons. The second-order valence-corrected chi connectivity index (χ2v) is 6.87. The summed E-state index contributed by atoms with van der Waals surface area (Å²) in [4.78, 5) is 23.6. The van der Waals surface area contributed by atoms with Crippen molar-refractivity contribution in [2.45, 2.75) is 10.8 Å². The van der Waals surface area contributed by atoms with Gasteiger partial charge < -0.3 is 11.1 Å². The molecule has 2 aromatic heterocycles. The van der Waals surface area contributed by atoms with Crippen molar-refractivity contribution in [1.82, 2.24) is 15.3 Å². The molecule has 0 aliphatic carbocycles. The summed E-state index contributed by atoms with van der Waals surface area (Å²) in [6.45, 7) is 7.48. The Labute approximate surface area is 172 Å². The molecule has 7 nitrogen and oxygen atoms in total. The predicted octanol–water partition coefficient (Wildman–Crippen LogP) is 3.80. The lowest BCUT2D eigenvalue weighted by Gasteiger charge is -2.13. The van der Waals surface area contributed by atoms with E-state index in [2.05, 4.69) is 26.2 Å². The minimum Gasteiger partial charge on any atom is -0.392 e. The predicted molar refractivity (Wildman–Crippen MR) is 112 cm³/mol. The number of aromatic nitrogens is 2. The number of hydrogen-bond donors (Lipinski definition) is 2. The maximum Gasteiger partial charge on any atom is 0.269 e. The number of carbonyl (C=O) groups excluding carboxylic acids is 1. The molecule has 0 saturated carbocycles. The van der Waals surface area contributed by atoms with Crippen LogP contribution in [-0.4, -0.2) is 22.9 Å². The van der Waals surface area contributed by atoms with E-state index in [0.717, 1.165) is 11.1 Å². The van der Waals surface area contributed by atoms with E-state index in [0.29, 0.717) is 27.6 Å². The second-order valence-electron chi connectivity index (χ2n) is 5.91. The van der Waals surface area contributed by atoms with Crippen LogP contribution in [0.2, 0.25) is 0 Å². The monoisotopic (exact) mass is 400 g/mol. The Hall–Kier alpha value is -3.88. The minimum atomic E-state index is -0.273. The van der Waals surface area contributed by atoms with Crippen molar-refractivity contribution in [3.8, 4) is 17.2 Å². The Morgan fingerprint density at radius 2 is 2.10 bits per heavy atom. The van der Waals surface area contributed by atoms with Crippen LogP contribution in [0.25, 0.3) is 16.0 Å². The van der Waals surface area contributed by atoms with Gasteiger partial charge >= 0.3 is 0 Å². The molecule has 3 aromatic rings. The number of pyridine rings is 2. The second kappa shape index (κ2) is 8.87. The number of thioether (sulfide) groups is 1. The molecule has 8 heteroatoms. The summed E-state index contributed by atoms with van der Waals surface area (Å²) < 4.78 is 0. The molecule has 142 valence electrons. The van der Waals surface area contributed by atoms with Crippen LogP contribution in [-0.2, 0) is 5.75 Å². The van der Waals surface area contributed by atoms with Gasteiger partial charge in [0.25, 0.3) is 5.91 Å². The van der Waals surface area contributed by atoms with Crippen molar-refractivity contribution in [1.29, 1.82) is 5.26 Å². The summed E-state index contributed by atoms with van der Waals surface area (Å²) in [6, 6.07) is 14.9. The van der Waals surface area contributed by atoms with Crippen molar-refractivity contribution in [2.24, 2.45) is 0 Å². The first-order valence-electron chi connectivity index (χ1n) is 8.55. The highest BCUT2D eigenvalue weighted by molar-refractivity contribution is 7.98. The average Bonchev–Trinajstić information content (AvgIpc) is 2.77. The van der Waals surface area contributed by atoms with Crippen LogP contribution in [0, 0.1) is 17.9 Å². The lowest BCUT2D eigenvalue weighted by Crippen LogP contribution is -2.19. The van der Waals surface area contributed by atoms with Crippen molar-refractivity contribution in [3.63, 3.8) is 0 Å². The van der Waals surface area contributed by atoms with Crippen LogP contribution in [0.5, 0.6) is 0 Å². The normalized spacial score (nSPS) is 10.0. The van der Waals surface area contributed by atoms with Gasteiger partial charge in [0.2, 0.25) is 5.69 Å². The fraction of sp³-hybridized carbons (Fsp3) is 0.0952. The summed E-state index contributed by atoms with van der Waals surface area (Å²) >= 11 is 1.32. The lowest BCUT2D eigenvalue weighted by molar-refractivity contribution is 0.0958. The molecule has 2 heterocycles. The van der Waals surface area contributed by atoms with Crippen LogP contribution in [0.3, 0.4) is 0 Å². The zero-order valence-electron chi connectivity index (χ0n) is 15.5. The van der Waals surface area contributed by atoms with Crippen molar-refractivity contribution >= 4 is 29.2 Å². The first kappa shape index (κ1) is 19.9. The summed E-state index contributed by atoms with van der Waals surface area (Å²) in [7, 11) is 1.54. The van der Waals surface area contributed by atoms with Gasteiger partial charge in [0.15, 0.2) is 0 Å². The smallest absolute Gasteiger partial charge is 0.269 e. The number of nitrogens with one attached hydrogen (secondary N) is 1. The van der Waals surface area contributed by atoms with E-state index in [1.54, 1.807) is 25.4 Å². The SMILES string of the molecule is [C-]#[N+]c1c(N)nc(SCc2ccnc(C(=O)NC)c2)c(C#N)c1-c1ccccc1. The molecule has 1 aromatic carbocycles. The molecule has 0 bridgehead atoms. The molecule has 29 heavy (non-hydrogen) atoms. The first-order chi connectivity index (χ1) is 14.1. The van der Waals surface area contributed by atoms with E-state index in [-0.39, 0.29) is 17.4 Å². The largest absolute Gasteiger partial charge is 0.392 e. The van der Waals surface area contributed by atoms with E-state index in [1.165, 1.54) is 11.8 Å². The van der Waals surface area contributed by atoms with Gasteiger partial charge in [-0.05, 0) is 23.3 Å². The van der Waals surface area contributed by atoms with Gasteiger partial charge in [-0.2, -0.15) is 5.26 Å². The average molecular weight is 400 g/mol. The van der Waals surface area contributed by atoms with Crippen LogP contribution < -0.4 is 11.1 Å². The standard InChI is InChI=1S/C21H16N6OS/c1-24-18-17(14-6-4-3-5-7-14)15(11-22)21(27-19(18)23)29-12-13-8-9-26-16(10-13)20(28)25-2/h3-10H,12H2,2H3,(H2,23,27)(H,25,28). The van der Waals surface area contributed by atoms with E-state index < -0.39 is 0 Å². The van der Waals surface area contributed by atoms with Gasteiger partial charge in [-0.25, -0.2) is 9.83 Å². The van der Waals surface area contributed by atoms with E-state index >= 15 is 0 Å². The number of rotatable bonds is 5. The number of nitrogen functional groups attached to an aromatic ring is 1. The van der Waals surface area contributed by atoms with Gasteiger partial charge in [0, 0.05) is 24.6 Å². The lowest BCUT2D eigenvalue weighted by atomic mass is 10.00. The van der Waals surface area contributed by atoms with E-state index in [1.807, 2.05) is 30.3 Å². The first-order valence-corrected chi connectivity index (χ1v) is 9.53. The zero-order valence-corrected chi connectivity index (χ0v) is 16.3. The molecule has 0 spiro atoms. The number of nitrogens with zero attached hydrogens (tertiary/aromatic N) is 4. The molecule has 0 atom stereocenters. The molecule has 3 rings (SSSR count). The molecular weight excluding hydrogens is 384 g/mol. The summed E-state index contributed by atoms with van der Waals surface area (Å²) in [5.41, 5.74) is 8.89. The summed E-state index contributed by atoms with van der Waals surface area (Å²) in [5.74, 6) is 0.269. The molecular formula is C21H16N6OS. The molecule has 0 fully saturated rings. The molecule has 1 amide bonds. The van der Waals surface area contributed by atoms with Gasteiger partial charge in [-0.3, -0.25) is 9.78 Å². The van der Waals surface area contributed by atoms with Crippen LogP contribution in [0.4, 0.5) is 11.5 Å². The van der Waals surface area contributed by atoms with Gasteiger partial charge in [0.05, 0.1) is 12.1 Å². The Kier molecular flexibility index (Phi) is 6.08. The Bertz CT molecular complexity index is 1150. The van der Waals surface area contributed by atoms with Crippen molar-refractivity contribution in [2.75, 3.05) is 12.8 Å². The Morgan fingerprint density at radius 3 is 2.76 bits per heavy atom. The van der Waals surface area contributed by atoms with Gasteiger partial charge in [-0.15, -0.1) is 11.8 Å². The quantitative estimate of drug-likeness (QED) is 0.498. The number of nitriles is 1. The third-order valence-electron chi connectivity index (χ3n) is 4.11. The number of amides is 1. The van der Waals surface area contributed by atoms with Crippen LogP contribution in [0.15, 0.2) is 53.7 Å². The van der Waals surface area contributed by atoms with E-state index in [4.69, 9.17) is 12.3 Å². The Morgan fingerprint density at radius 1 is 1.34 bits per heavy atom. The number of nitrogens with two attached hydrogens (primary N) is 1. The van der Waals surface area contributed by atoms with Crippen molar-refractivity contribution in [3.05, 3.63) is 76.9 Å². The van der Waals surface area contributed by atoms with E-state index in [9.17, 15) is 10.1 Å². The topological polar surface area (TPSA) is 109 Å². The number of anilines is 1. The van der Waals surface area contributed by atoms with Crippen LogP contribution in [0.1, 0.15) is 21.6 Å². The Balaban J connectivity index is 2.01. The summed E-state index contributed by atoms with van der Waals surface area (Å²) in [6.07, 6.45) is 1.56.